The summed E-state index contributed by atoms with van der Waals surface area (Å²) in [4.78, 5) is 40.8. The number of para-hydroxylation sites is 1. The van der Waals surface area contributed by atoms with Gasteiger partial charge in [-0.05, 0) is 26.3 Å². The molecule has 0 radical (unpaired) electrons. The molecule has 2 aliphatic heterocycles. The molecule has 0 unspecified atom stereocenters. The van der Waals surface area contributed by atoms with E-state index in [1.54, 1.807) is 11.8 Å². The van der Waals surface area contributed by atoms with Crippen molar-refractivity contribution in [2.24, 2.45) is 0 Å². The average Bonchev–Trinajstić information content (AvgIpc) is 3.08. The van der Waals surface area contributed by atoms with Gasteiger partial charge in [0, 0.05) is 25.1 Å². The standard InChI is InChI=1S/C19H20N2O4S2/c1-3-20-13-9-6-5-8-12(13)15(17(20)23)16-18(24)21(19(26)27-16)11-7-10-14(22)25-4-2/h5-6,8-9H,3-4,7,10-11H2,1-2H3/b16-15-. The van der Waals surface area contributed by atoms with Crippen molar-refractivity contribution in [1.29, 1.82) is 0 Å². The van der Waals surface area contributed by atoms with Gasteiger partial charge in [0.1, 0.15) is 4.32 Å². The second-order valence-electron chi connectivity index (χ2n) is 6.00. The van der Waals surface area contributed by atoms with Crippen LogP contribution in [0.2, 0.25) is 0 Å². The minimum absolute atomic E-state index is 0.175. The first-order chi connectivity index (χ1) is 13.0. The molecule has 0 aromatic heterocycles. The molecule has 0 spiro atoms. The van der Waals surface area contributed by atoms with Crippen LogP contribution in [-0.2, 0) is 19.1 Å². The molecule has 0 atom stereocenters. The molecule has 6 nitrogen and oxygen atoms in total. The molecule has 1 aromatic carbocycles. The Morgan fingerprint density at radius 3 is 2.59 bits per heavy atom. The zero-order valence-electron chi connectivity index (χ0n) is 15.2. The van der Waals surface area contributed by atoms with Gasteiger partial charge in [0.25, 0.3) is 11.8 Å². The third-order valence-corrected chi connectivity index (χ3v) is 5.83. The van der Waals surface area contributed by atoms with E-state index in [-0.39, 0.29) is 24.2 Å². The topological polar surface area (TPSA) is 66.9 Å². The number of thioether (sulfide) groups is 1. The Bertz CT molecular complexity index is 850. The summed E-state index contributed by atoms with van der Waals surface area (Å²) < 4.78 is 5.31. The highest BCUT2D eigenvalue weighted by Gasteiger charge is 2.41. The average molecular weight is 405 g/mol. The summed E-state index contributed by atoms with van der Waals surface area (Å²) in [6, 6.07) is 7.46. The van der Waals surface area contributed by atoms with Crippen LogP contribution < -0.4 is 4.90 Å². The van der Waals surface area contributed by atoms with Gasteiger partial charge in [-0.3, -0.25) is 19.3 Å². The van der Waals surface area contributed by atoms with Gasteiger partial charge in [-0.15, -0.1) is 0 Å². The van der Waals surface area contributed by atoms with Gasteiger partial charge in [0.2, 0.25) is 0 Å². The number of hydrogen-bond acceptors (Lipinski definition) is 6. The van der Waals surface area contributed by atoms with Gasteiger partial charge in [-0.25, -0.2) is 0 Å². The van der Waals surface area contributed by atoms with Crippen LogP contribution in [0.4, 0.5) is 5.69 Å². The van der Waals surface area contributed by atoms with Crippen LogP contribution in [0.3, 0.4) is 0 Å². The van der Waals surface area contributed by atoms with Crippen LogP contribution in [0.25, 0.3) is 5.57 Å². The lowest BCUT2D eigenvalue weighted by molar-refractivity contribution is -0.143. The second kappa shape index (κ2) is 8.22. The highest BCUT2D eigenvalue weighted by atomic mass is 32.2. The largest absolute Gasteiger partial charge is 0.466 e. The summed E-state index contributed by atoms with van der Waals surface area (Å²) in [5.41, 5.74) is 1.99. The van der Waals surface area contributed by atoms with E-state index in [4.69, 9.17) is 17.0 Å². The van der Waals surface area contributed by atoms with Gasteiger partial charge in [0.15, 0.2) is 0 Å². The number of carbonyl (C=O) groups is 3. The van der Waals surface area contributed by atoms with Crippen molar-refractivity contribution in [2.75, 3.05) is 24.6 Å². The van der Waals surface area contributed by atoms with E-state index >= 15 is 0 Å². The van der Waals surface area contributed by atoms with Crippen molar-refractivity contribution in [3.8, 4) is 0 Å². The fourth-order valence-electron chi connectivity index (χ4n) is 3.17. The zero-order valence-corrected chi connectivity index (χ0v) is 16.8. The van der Waals surface area contributed by atoms with Crippen molar-refractivity contribution in [3.63, 3.8) is 0 Å². The molecule has 1 fully saturated rings. The van der Waals surface area contributed by atoms with Crippen LogP contribution in [0.1, 0.15) is 32.3 Å². The van der Waals surface area contributed by atoms with Crippen molar-refractivity contribution >= 4 is 57.3 Å². The van der Waals surface area contributed by atoms with Gasteiger partial charge < -0.3 is 9.64 Å². The molecule has 0 aliphatic carbocycles. The number of anilines is 1. The monoisotopic (exact) mass is 404 g/mol. The molecule has 1 aromatic rings. The number of fused-ring (bicyclic) bond motifs is 1. The van der Waals surface area contributed by atoms with E-state index in [0.717, 1.165) is 23.0 Å². The van der Waals surface area contributed by atoms with E-state index in [9.17, 15) is 14.4 Å². The molecule has 0 bridgehead atoms. The first kappa shape index (κ1) is 19.6. The summed E-state index contributed by atoms with van der Waals surface area (Å²) in [7, 11) is 0. The summed E-state index contributed by atoms with van der Waals surface area (Å²) in [6.07, 6.45) is 0.682. The fourth-order valence-corrected chi connectivity index (χ4v) is 4.55. The number of ether oxygens (including phenoxy) is 1. The molecular weight excluding hydrogens is 384 g/mol. The molecule has 142 valence electrons. The quantitative estimate of drug-likeness (QED) is 0.413. The van der Waals surface area contributed by atoms with Crippen LogP contribution in [0.5, 0.6) is 0 Å². The Morgan fingerprint density at radius 2 is 1.89 bits per heavy atom. The molecule has 0 saturated carbocycles. The van der Waals surface area contributed by atoms with Crippen molar-refractivity contribution < 1.29 is 19.1 Å². The highest BCUT2D eigenvalue weighted by molar-refractivity contribution is 8.26. The predicted molar refractivity (Wildman–Crippen MR) is 109 cm³/mol. The maximum absolute atomic E-state index is 12.9. The second-order valence-corrected chi connectivity index (χ2v) is 7.65. The maximum atomic E-state index is 12.9. The lowest BCUT2D eigenvalue weighted by Gasteiger charge is -2.14. The molecule has 2 aliphatic rings. The van der Waals surface area contributed by atoms with Crippen LogP contribution >= 0.6 is 24.0 Å². The van der Waals surface area contributed by atoms with Gasteiger partial charge in [-0.1, -0.05) is 42.2 Å². The third-order valence-electron chi connectivity index (χ3n) is 4.38. The number of amides is 2. The van der Waals surface area contributed by atoms with E-state index in [2.05, 4.69) is 0 Å². The molecule has 27 heavy (non-hydrogen) atoms. The smallest absolute Gasteiger partial charge is 0.305 e. The Kier molecular flexibility index (Phi) is 5.96. The van der Waals surface area contributed by atoms with Crippen molar-refractivity contribution in [1.82, 2.24) is 4.90 Å². The van der Waals surface area contributed by atoms with Crippen LogP contribution in [-0.4, -0.2) is 46.7 Å². The number of benzene rings is 1. The molecule has 2 amide bonds. The predicted octanol–water partition coefficient (Wildman–Crippen LogP) is 2.97. The number of hydrogen-bond donors (Lipinski definition) is 0. The Morgan fingerprint density at radius 1 is 1.15 bits per heavy atom. The van der Waals surface area contributed by atoms with E-state index in [1.165, 1.54) is 4.90 Å². The van der Waals surface area contributed by atoms with Crippen molar-refractivity contribution in [2.45, 2.75) is 26.7 Å². The first-order valence-corrected chi connectivity index (χ1v) is 10.1. The molecule has 1 saturated heterocycles. The minimum Gasteiger partial charge on any atom is -0.466 e. The molecular formula is C19H20N2O4S2. The number of esters is 1. The third kappa shape index (κ3) is 3.64. The normalized spacial score (nSPS) is 19.1. The molecule has 3 rings (SSSR count). The molecule has 0 N–H and O–H groups in total. The Labute approximate surface area is 167 Å². The van der Waals surface area contributed by atoms with Crippen LogP contribution in [0, 0.1) is 0 Å². The summed E-state index contributed by atoms with van der Waals surface area (Å²) in [5, 5.41) is 0. The SMILES string of the molecule is CCOC(=O)CCCN1C(=O)/C(=C2/C(=O)N(CC)c3ccccc32)SC1=S. The minimum atomic E-state index is -0.292. The van der Waals surface area contributed by atoms with E-state index in [0.29, 0.717) is 40.9 Å². The van der Waals surface area contributed by atoms with Gasteiger partial charge in [-0.2, -0.15) is 0 Å². The number of thiocarbonyl (C=S) groups is 1. The van der Waals surface area contributed by atoms with Gasteiger partial charge in [0.05, 0.1) is 22.8 Å². The fraction of sp³-hybridized carbons (Fsp3) is 0.368. The Balaban J connectivity index is 1.84. The maximum Gasteiger partial charge on any atom is 0.305 e. The Hall–Kier alpha value is -2.19. The first-order valence-electron chi connectivity index (χ1n) is 8.84. The zero-order chi connectivity index (χ0) is 19.6. The lowest BCUT2D eigenvalue weighted by Crippen LogP contribution is -2.30. The molecule has 8 heteroatoms. The number of likely N-dealkylation sites (N-methyl/N-ethyl adjacent to an activating group) is 1. The summed E-state index contributed by atoms with van der Waals surface area (Å²) in [6.45, 7) is 4.84. The number of rotatable bonds is 6. The van der Waals surface area contributed by atoms with Crippen LogP contribution in [0.15, 0.2) is 29.2 Å². The van der Waals surface area contributed by atoms with E-state index < -0.39 is 0 Å². The van der Waals surface area contributed by atoms with Gasteiger partial charge >= 0.3 is 5.97 Å². The summed E-state index contributed by atoms with van der Waals surface area (Å²) in [5.74, 6) is -0.740. The lowest BCUT2D eigenvalue weighted by atomic mass is 10.1. The number of carbonyl (C=O) groups excluding carboxylic acids is 3. The molecule has 2 heterocycles. The number of nitrogens with zero attached hydrogens (tertiary/aromatic N) is 2. The van der Waals surface area contributed by atoms with Crippen molar-refractivity contribution in [3.05, 3.63) is 34.7 Å². The highest BCUT2D eigenvalue weighted by Crippen LogP contribution is 2.44. The summed E-state index contributed by atoms with van der Waals surface area (Å²) >= 11 is 6.50. The van der Waals surface area contributed by atoms with E-state index in [1.807, 2.05) is 31.2 Å².